The average Bonchev–Trinajstić information content (AvgIpc) is 3.35. The number of carbonyl (C=O) groups excluding carboxylic acids is 3. The van der Waals surface area contributed by atoms with Crippen LogP contribution in [0.25, 0.3) is 0 Å². The third-order valence-electron chi connectivity index (χ3n) is 8.96. The first-order valence-electron chi connectivity index (χ1n) is 12.3. The van der Waals surface area contributed by atoms with Gasteiger partial charge >= 0.3 is 17.9 Å². The number of hydrogen-bond acceptors (Lipinski definition) is 8. The molecule has 33 heavy (non-hydrogen) atoms. The van der Waals surface area contributed by atoms with Crippen LogP contribution in [0, 0.1) is 29.6 Å². The number of esters is 3. The first kappa shape index (κ1) is 21.6. The Morgan fingerprint density at radius 1 is 1.09 bits per heavy atom. The molecule has 1 heterocycles. The van der Waals surface area contributed by atoms with Crippen LogP contribution in [0.4, 0.5) is 0 Å². The Kier molecular flexibility index (Phi) is 4.93. The molecule has 0 aromatic heterocycles. The van der Waals surface area contributed by atoms with E-state index in [-0.39, 0.29) is 60.9 Å². The SMILES string of the molecule is C=C(C)C(=O)OC12CC3CC(CC(OCOCC(=O)OC4C5CC6C(=O)OC4C6C5)(C3)C1)C2. The predicted octanol–water partition coefficient (Wildman–Crippen LogP) is 2.68. The highest BCUT2D eigenvalue weighted by molar-refractivity contribution is 5.87. The van der Waals surface area contributed by atoms with Gasteiger partial charge in [-0.3, -0.25) is 4.79 Å². The van der Waals surface area contributed by atoms with Gasteiger partial charge in [-0.2, -0.15) is 0 Å². The number of carbonyl (C=O) groups is 3. The van der Waals surface area contributed by atoms with Crippen molar-refractivity contribution in [1.29, 1.82) is 0 Å². The lowest BCUT2D eigenvalue weighted by Crippen LogP contribution is -2.61. The van der Waals surface area contributed by atoms with E-state index in [2.05, 4.69) is 6.58 Å². The van der Waals surface area contributed by atoms with E-state index >= 15 is 0 Å². The van der Waals surface area contributed by atoms with Crippen molar-refractivity contribution in [3.63, 3.8) is 0 Å². The standard InChI is InChI=1S/C25H32O8/c1-13(2)22(27)33-25-8-14-3-15(9-25)7-24(6-14,11-25)30-12-29-10-19(26)31-20-16-4-17-18(5-16)23(28)32-21(17)20/h14-18,20-21H,1,3-12H2,2H3. The van der Waals surface area contributed by atoms with Crippen molar-refractivity contribution in [3.8, 4) is 0 Å². The number of ether oxygens (including phenoxy) is 5. The van der Waals surface area contributed by atoms with Gasteiger partial charge in [0.1, 0.15) is 31.2 Å². The third-order valence-corrected chi connectivity index (χ3v) is 8.96. The van der Waals surface area contributed by atoms with Crippen LogP contribution < -0.4 is 0 Å². The maximum absolute atomic E-state index is 12.4. The number of hydrogen-bond donors (Lipinski definition) is 0. The molecule has 0 amide bonds. The zero-order chi connectivity index (χ0) is 23.0. The van der Waals surface area contributed by atoms with Crippen molar-refractivity contribution in [2.75, 3.05) is 13.4 Å². The highest BCUT2D eigenvalue weighted by Gasteiger charge is 2.63. The average molecular weight is 461 g/mol. The molecule has 0 radical (unpaired) electrons. The summed E-state index contributed by atoms with van der Waals surface area (Å²) in [6.07, 6.45) is 6.48. The lowest BCUT2D eigenvalue weighted by molar-refractivity contribution is -0.253. The lowest BCUT2D eigenvalue weighted by Gasteiger charge is -2.60. The molecule has 6 saturated carbocycles. The summed E-state index contributed by atoms with van der Waals surface area (Å²) < 4.78 is 28.8. The Hall–Kier alpha value is -1.93. The summed E-state index contributed by atoms with van der Waals surface area (Å²) in [6, 6.07) is 0. The topological polar surface area (TPSA) is 97.4 Å². The predicted molar refractivity (Wildman–Crippen MR) is 112 cm³/mol. The van der Waals surface area contributed by atoms with E-state index in [0.717, 1.165) is 44.9 Å². The second kappa shape index (κ2) is 7.54. The largest absolute Gasteiger partial charge is 0.458 e. The van der Waals surface area contributed by atoms with Crippen LogP contribution in [0.15, 0.2) is 12.2 Å². The molecule has 1 aliphatic heterocycles. The van der Waals surface area contributed by atoms with E-state index in [1.54, 1.807) is 6.92 Å². The second-order valence-electron chi connectivity index (χ2n) is 11.5. The van der Waals surface area contributed by atoms with E-state index < -0.39 is 11.6 Å². The van der Waals surface area contributed by atoms with E-state index in [4.69, 9.17) is 23.7 Å². The quantitative estimate of drug-likeness (QED) is 0.179. The number of rotatable bonds is 8. The Morgan fingerprint density at radius 3 is 2.55 bits per heavy atom. The fourth-order valence-corrected chi connectivity index (χ4v) is 8.21. The summed E-state index contributed by atoms with van der Waals surface area (Å²) in [5.74, 6) is 0.443. The van der Waals surface area contributed by atoms with Crippen LogP contribution in [0.1, 0.15) is 58.3 Å². The van der Waals surface area contributed by atoms with Crippen LogP contribution in [0.2, 0.25) is 0 Å². The molecule has 7 atom stereocenters. The summed E-state index contributed by atoms with van der Waals surface area (Å²) in [7, 11) is 0. The minimum Gasteiger partial charge on any atom is -0.458 e. The molecule has 0 aromatic rings. The summed E-state index contributed by atoms with van der Waals surface area (Å²) in [6.45, 7) is 5.19. The molecule has 0 spiro atoms. The smallest absolute Gasteiger partial charge is 0.333 e. The fourth-order valence-electron chi connectivity index (χ4n) is 8.21. The molecule has 8 nitrogen and oxygen atoms in total. The van der Waals surface area contributed by atoms with Gasteiger partial charge in [0.15, 0.2) is 0 Å². The Morgan fingerprint density at radius 2 is 1.82 bits per heavy atom. The molecule has 7 rings (SSSR count). The first-order chi connectivity index (χ1) is 15.7. The van der Waals surface area contributed by atoms with Gasteiger partial charge in [0, 0.05) is 23.8 Å². The van der Waals surface area contributed by atoms with Gasteiger partial charge in [-0.25, -0.2) is 9.59 Å². The highest BCUT2D eigenvalue weighted by Crippen LogP contribution is 2.60. The van der Waals surface area contributed by atoms with Crippen LogP contribution in [-0.2, 0) is 38.1 Å². The minimum atomic E-state index is -0.475. The lowest BCUT2D eigenvalue weighted by atomic mass is 9.52. The molecular weight excluding hydrogens is 428 g/mol. The maximum Gasteiger partial charge on any atom is 0.333 e. The van der Waals surface area contributed by atoms with Crippen molar-refractivity contribution < 1.29 is 38.1 Å². The van der Waals surface area contributed by atoms with Crippen molar-refractivity contribution in [1.82, 2.24) is 0 Å². The number of fused-ring (bicyclic) bond motifs is 1. The van der Waals surface area contributed by atoms with E-state index in [1.807, 2.05) is 0 Å². The van der Waals surface area contributed by atoms with Gasteiger partial charge in [-0.1, -0.05) is 6.58 Å². The first-order valence-corrected chi connectivity index (χ1v) is 12.3. The molecule has 0 N–H and O–H groups in total. The zero-order valence-corrected chi connectivity index (χ0v) is 19.1. The molecule has 180 valence electrons. The Balaban J connectivity index is 1.00. The Bertz CT molecular complexity index is 881. The van der Waals surface area contributed by atoms with Gasteiger partial charge in [0.05, 0.1) is 11.5 Å². The molecule has 6 bridgehead atoms. The third kappa shape index (κ3) is 3.60. The van der Waals surface area contributed by atoms with Crippen LogP contribution >= 0.6 is 0 Å². The molecule has 7 fully saturated rings. The second-order valence-corrected chi connectivity index (χ2v) is 11.5. The van der Waals surface area contributed by atoms with Crippen LogP contribution in [-0.4, -0.2) is 54.7 Å². The van der Waals surface area contributed by atoms with Gasteiger partial charge in [-0.05, 0) is 63.7 Å². The monoisotopic (exact) mass is 460 g/mol. The van der Waals surface area contributed by atoms with Crippen molar-refractivity contribution in [3.05, 3.63) is 12.2 Å². The van der Waals surface area contributed by atoms with Crippen molar-refractivity contribution in [2.24, 2.45) is 29.6 Å². The zero-order valence-electron chi connectivity index (χ0n) is 19.1. The van der Waals surface area contributed by atoms with Crippen LogP contribution in [0.5, 0.6) is 0 Å². The van der Waals surface area contributed by atoms with Gasteiger partial charge < -0.3 is 23.7 Å². The molecule has 8 heteroatoms. The van der Waals surface area contributed by atoms with Gasteiger partial charge in [0.2, 0.25) is 0 Å². The van der Waals surface area contributed by atoms with Gasteiger partial charge in [-0.15, -0.1) is 0 Å². The van der Waals surface area contributed by atoms with Gasteiger partial charge in [0.25, 0.3) is 0 Å². The van der Waals surface area contributed by atoms with E-state index in [9.17, 15) is 14.4 Å². The summed E-state index contributed by atoms with van der Waals surface area (Å²) in [5.41, 5.74) is -0.431. The summed E-state index contributed by atoms with van der Waals surface area (Å²) in [4.78, 5) is 36.5. The highest BCUT2D eigenvalue weighted by atomic mass is 16.7. The molecule has 7 unspecified atom stereocenters. The molecule has 7 aliphatic rings. The Labute approximate surface area is 193 Å². The van der Waals surface area contributed by atoms with Crippen LogP contribution in [0.3, 0.4) is 0 Å². The van der Waals surface area contributed by atoms with E-state index in [0.29, 0.717) is 23.8 Å². The van der Waals surface area contributed by atoms with Crippen molar-refractivity contribution in [2.45, 2.75) is 81.7 Å². The summed E-state index contributed by atoms with van der Waals surface area (Å²) in [5, 5.41) is 0. The summed E-state index contributed by atoms with van der Waals surface area (Å²) >= 11 is 0. The van der Waals surface area contributed by atoms with E-state index in [1.165, 1.54) is 0 Å². The minimum absolute atomic E-state index is 0.00200. The molecular formula is C25H32O8. The molecule has 6 aliphatic carbocycles. The fraction of sp³-hybridized carbons (Fsp3) is 0.800. The molecule has 0 aromatic carbocycles. The van der Waals surface area contributed by atoms with Crippen molar-refractivity contribution >= 4 is 17.9 Å². The maximum atomic E-state index is 12.4. The molecule has 1 saturated heterocycles. The normalized spacial score (nSPS) is 45.8.